The summed E-state index contributed by atoms with van der Waals surface area (Å²) in [5, 5.41) is 3.02. The zero-order valence-corrected chi connectivity index (χ0v) is 16.4. The van der Waals surface area contributed by atoms with Gasteiger partial charge in [-0.15, -0.1) is 22.7 Å². The number of carbonyl (C=O) groups is 1. The van der Waals surface area contributed by atoms with E-state index in [9.17, 15) is 4.79 Å². The van der Waals surface area contributed by atoms with E-state index in [0.717, 1.165) is 33.7 Å². The van der Waals surface area contributed by atoms with Crippen molar-refractivity contribution in [2.75, 3.05) is 22.9 Å². The van der Waals surface area contributed by atoms with Crippen molar-refractivity contribution in [2.24, 2.45) is 0 Å². The Balaban J connectivity index is 1.60. The predicted octanol–water partition coefficient (Wildman–Crippen LogP) is 4.96. The van der Waals surface area contributed by atoms with Crippen molar-refractivity contribution < 1.29 is 4.79 Å². The van der Waals surface area contributed by atoms with Crippen LogP contribution in [0.4, 0.5) is 10.8 Å². The van der Waals surface area contributed by atoms with E-state index in [0.29, 0.717) is 6.54 Å². The lowest BCUT2D eigenvalue weighted by atomic mass is 10.2. The Morgan fingerprint density at radius 2 is 1.96 bits per heavy atom. The Labute approximate surface area is 161 Å². The van der Waals surface area contributed by atoms with Crippen LogP contribution in [-0.4, -0.2) is 24.0 Å². The van der Waals surface area contributed by atoms with E-state index >= 15 is 0 Å². The summed E-state index contributed by atoms with van der Waals surface area (Å²) in [4.78, 5) is 23.7. The molecule has 26 heavy (non-hydrogen) atoms. The number of hydrogen-bond donors (Lipinski definition) is 0. The lowest BCUT2D eigenvalue weighted by Gasteiger charge is -2.22. The van der Waals surface area contributed by atoms with Crippen LogP contribution < -0.4 is 9.80 Å². The fourth-order valence-corrected chi connectivity index (χ4v) is 4.74. The predicted molar refractivity (Wildman–Crippen MR) is 110 cm³/mol. The van der Waals surface area contributed by atoms with E-state index in [2.05, 4.69) is 16.8 Å². The number of aryl methyl sites for hydroxylation is 1. The zero-order valence-electron chi connectivity index (χ0n) is 14.7. The Morgan fingerprint density at radius 3 is 2.65 bits per heavy atom. The van der Waals surface area contributed by atoms with Crippen molar-refractivity contribution in [2.45, 2.75) is 26.3 Å². The zero-order chi connectivity index (χ0) is 17.9. The van der Waals surface area contributed by atoms with Crippen LogP contribution in [0.15, 0.2) is 48.0 Å². The smallest absolute Gasteiger partial charge is 0.268 e. The van der Waals surface area contributed by atoms with E-state index in [1.54, 1.807) is 11.3 Å². The first-order valence-corrected chi connectivity index (χ1v) is 10.5. The van der Waals surface area contributed by atoms with Gasteiger partial charge in [0.25, 0.3) is 5.91 Å². The highest BCUT2D eigenvalue weighted by molar-refractivity contribution is 7.15. The van der Waals surface area contributed by atoms with Gasteiger partial charge in [-0.1, -0.05) is 23.8 Å². The summed E-state index contributed by atoms with van der Waals surface area (Å²) < 4.78 is 0. The Bertz CT molecular complexity index is 865. The summed E-state index contributed by atoms with van der Waals surface area (Å²) >= 11 is 3.18. The number of hydrogen-bond acceptors (Lipinski definition) is 5. The first-order valence-electron chi connectivity index (χ1n) is 8.82. The van der Waals surface area contributed by atoms with Crippen molar-refractivity contribution in [1.29, 1.82) is 0 Å². The number of amides is 1. The van der Waals surface area contributed by atoms with Gasteiger partial charge in [0.05, 0.1) is 11.4 Å². The fraction of sp³-hybridized carbons (Fsp3) is 0.300. The molecule has 1 amide bonds. The SMILES string of the molecule is Cc1ccc(N(Cc2cnc(N3CCCC3)s2)C(=O)c2cccs2)cc1. The van der Waals surface area contributed by atoms with Crippen LogP contribution in [-0.2, 0) is 6.54 Å². The standard InChI is InChI=1S/C20H21N3OS2/c1-15-6-8-16(9-7-15)23(19(24)18-5-4-12-25-18)14-17-13-21-20(26-17)22-10-2-3-11-22/h4-9,12-13H,2-3,10-11,14H2,1H3. The van der Waals surface area contributed by atoms with Crippen LogP contribution in [0.3, 0.4) is 0 Å². The van der Waals surface area contributed by atoms with Crippen molar-refractivity contribution >= 4 is 39.4 Å². The van der Waals surface area contributed by atoms with Gasteiger partial charge in [0.2, 0.25) is 0 Å². The van der Waals surface area contributed by atoms with Crippen LogP contribution in [0, 0.1) is 6.92 Å². The van der Waals surface area contributed by atoms with E-state index in [1.807, 2.05) is 52.9 Å². The fourth-order valence-electron chi connectivity index (χ4n) is 3.12. The highest BCUT2D eigenvalue weighted by atomic mass is 32.1. The molecule has 0 N–H and O–H groups in total. The second kappa shape index (κ2) is 7.60. The maximum Gasteiger partial charge on any atom is 0.268 e. The van der Waals surface area contributed by atoms with Crippen molar-refractivity contribution in [3.8, 4) is 0 Å². The number of rotatable bonds is 5. The quantitative estimate of drug-likeness (QED) is 0.625. The number of benzene rings is 1. The number of carbonyl (C=O) groups excluding carboxylic acids is 1. The number of anilines is 2. The summed E-state index contributed by atoms with van der Waals surface area (Å²) in [7, 11) is 0. The first-order chi connectivity index (χ1) is 12.7. The van der Waals surface area contributed by atoms with Gasteiger partial charge >= 0.3 is 0 Å². The molecule has 0 saturated carbocycles. The van der Waals surface area contributed by atoms with Gasteiger partial charge in [0, 0.05) is 29.9 Å². The summed E-state index contributed by atoms with van der Waals surface area (Å²) in [6, 6.07) is 11.9. The second-order valence-electron chi connectivity index (χ2n) is 6.51. The third kappa shape index (κ3) is 3.66. The molecule has 3 heterocycles. The molecule has 0 atom stereocenters. The summed E-state index contributed by atoms with van der Waals surface area (Å²) in [5.74, 6) is 0.0416. The van der Waals surface area contributed by atoms with Crippen LogP contribution >= 0.6 is 22.7 Å². The number of thiazole rings is 1. The molecular weight excluding hydrogens is 362 g/mol. The topological polar surface area (TPSA) is 36.4 Å². The summed E-state index contributed by atoms with van der Waals surface area (Å²) in [5.41, 5.74) is 2.11. The lowest BCUT2D eigenvalue weighted by molar-refractivity contribution is 0.0989. The van der Waals surface area contributed by atoms with Gasteiger partial charge in [0.15, 0.2) is 5.13 Å². The van der Waals surface area contributed by atoms with Crippen LogP contribution in [0.25, 0.3) is 0 Å². The molecule has 0 spiro atoms. The van der Waals surface area contributed by atoms with Gasteiger partial charge in [-0.25, -0.2) is 4.98 Å². The van der Waals surface area contributed by atoms with Crippen molar-refractivity contribution in [3.63, 3.8) is 0 Å². The van der Waals surface area contributed by atoms with Gasteiger partial charge < -0.3 is 9.80 Å². The first kappa shape index (κ1) is 17.2. The molecular formula is C20H21N3OS2. The van der Waals surface area contributed by atoms with E-state index in [-0.39, 0.29) is 5.91 Å². The Morgan fingerprint density at radius 1 is 1.19 bits per heavy atom. The molecule has 0 unspecified atom stereocenters. The minimum absolute atomic E-state index is 0.0416. The largest absolute Gasteiger partial charge is 0.348 e. The maximum atomic E-state index is 13.1. The molecule has 6 heteroatoms. The molecule has 4 nitrogen and oxygen atoms in total. The molecule has 4 rings (SSSR count). The Hall–Kier alpha value is -2.18. The molecule has 2 aromatic heterocycles. The molecule has 1 aromatic carbocycles. The maximum absolute atomic E-state index is 13.1. The summed E-state index contributed by atoms with van der Waals surface area (Å²) in [6.45, 7) is 4.78. The number of nitrogens with zero attached hydrogens (tertiary/aromatic N) is 3. The minimum Gasteiger partial charge on any atom is -0.348 e. The molecule has 134 valence electrons. The molecule has 0 radical (unpaired) electrons. The van der Waals surface area contributed by atoms with Crippen LogP contribution in [0.2, 0.25) is 0 Å². The van der Waals surface area contributed by atoms with E-state index in [1.165, 1.54) is 29.7 Å². The lowest BCUT2D eigenvalue weighted by Crippen LogP contribution is -2.29. The van der Waals surface area contributed by atoms with Crippen molar-refractivity contribution in [1.82, 2.24) is 4.98 Å². The molecule has 1 fully saturated rings. The molecule has 1 aliphatic heterocycles. The monoisotopic (exact) mass is 383 g/mol. The number of aromatic nitrogens is 1. The van der Waals surface area contributed by atoms with Gasteiger partial charge in [-0.05, 0) is 43.3 Å². The summed E-state index contributed by atoms with van der Waals surface area (Å²) in [6.07, 6.45) is 4.39. The van der Waals surface area contributed by atoms with Crippen LogP contribution in [0.1, 0.15) is 33.0 Å². The van der Waals surface area contributed by atoms with Crippen molar-refractivity contribution in [3.05, 3.63) is 63.3 Å². The highest BCUT2D eigenvalue weighted by Gasteiger charge is 2.21. The Kier molecular flexibility index (Phi) is 5.04. The average Bonchev–Trinajstić information content (AvgIpc) is 3.42. The molecule has 3 aromatic rings. The molecule has 0 aliphatic carbocycles. The highest BCUT2D eigenvalue weighted by Crippen LogP contribution is 2.29. The van der Waals surface area contributed by atoms with Gasteiger partial charge in [0.1, 0.15) is 0 Å². The molecule has 1 saturated heterocycles. The normalized spacial score (nSPS) is 14.0. The molecule has 1 aliphatic rings. The third-order valence-corrected chi connectivity index (χ3v) is 6.46. The van der Waals surface area contributed by atoms with Gasteiger partial charge in [-0.3, -0.25) is 4.79 Å². The second-order valence-corrected chi connectivity index (χ2v) is 8.55. The van der Waals surface area contributed by atoms with E-state index in [4.69, 9.17) is 0 Å². The van der Waals surface area contributed by atoms with E-state index < -0.39 is 0 Å². The van der Waals surface area contributed by atoms with Gasteiger partial charge in [-0.2, -0.15) is 0 Å². The number of thiophene rings is 1. The average molecular weight is 384 g/mol. The third-order valence-electron chi connectivity index (χ3n) is 4.55. The minimum atomic E-state index is 0.0416. The molecule has 0 bridgehead atoms. The van der Waals surface area contributed by atoms with Crippen LogP contribution in [0.5, 0.6) is 0 Å².